The number of nitrogens with two attached hydrogens (primary N) is 1. The molecular formula is C28H39N5O11. The van der Waals surface area contributed by atoms with Crippen LogP contribution >= 0.6 is 0 Å². The number of hydrogen-bond donors (Lipinski definition) is 7. The van der Waals surface area contributed by atoms with Crippen LogP contribution in [0.15, 0.2) is 30.3 Å². The maximum absolute atomic E-state index is 13.2. The summed E-state index contributed by atoms with van der Waals surface area (Å²) in [6, 6.07) is 2.38. The van der Waals surface area contributed by atoms with Crippen LogP contribution in [0.5, 0.6) is 0 Å². The zero-order valence-electron chi connectivity index (χ0n) is 24.7. The molecule has 0 unspecified atom stereocenters. The van der Waals surface area contributed by atoms with E-state index in [9.17, 15) is 43.5 Å². The van der Waals surface area contributed by atoms with Crippen molar-refractivity contribution in [3.8, 4) is 0 Å². The fourth-order valence-corrected chi connectivity index (χ4v) is 3.76. The van der Waals surface area contributed by atoms with Crippen LogP contribution < -0.4 is 27.0 Å². The Morgan fingerprint density at radius 3 is 1.68 bits per heavy atom. The number of hydrogen-bond acceptors (Lipinski definition) is 9. The molecule has 0 aliphatic heterocycles. The Bertz CT molecular complexity index is 1210. The lowest BCUT2D eigenvalue weighted by molar-refractivity contribution is -0.141. The first-order valence-corrected chi connectivity index (χ1v) is 13.7. The van der Waals surface area contributed by atoms with Crippen molar-refractivity contribution in [1.29, 1.82) is 0 Å². The Hall–Kier alpha value is -5.02. The third-order valence-electron chi connectivity index (χ3n) is 6.09. The van der Waals surface area contributed by atoms with E-state index in [1.807, 2.05) is 13.8 Å². The summed E-state index contributed by atoms with van der Waals surface area (Å²) in [4.78, 5) is 97.6. The van der Waals surface area contributed by atoms with Gasteiger partial charge in [-0.25, -0.2) is 4.79 Å². The van der Waals surface area contributed by atoms with Crippen molar-refractivity contribution < 1.29 is 53.3 Å². The summed E-state index contributed by atoms with van der Waals surface area (Å²) in [6.45, 7) is 4.59. The van der Waals surface area contributed by atoms with E-state index < -0.39 is 90.9 Å². The molecule has 0 spiro atoms. The number of amides is 5. The predicted molar refractivity (Wildman–Crippen MR) is 152 cm³/mol. The van der Waals surface area contributed by atoms with E-state index in [1.54, 1.807) is 30.3 Å². The second-order valence-corrected chi connectivity index (χ2v) is 10.4. The number of ether oxygens (including phenoxy) is 1. The van der Waals surface area contributed by atoms with Crippen molar-refractivity contribution in [2.75, 3.05) is 0 Å². The molecule has 1 rings (SSSR count). The molecule has 0 saturated carbocycles. The Morgan fingerprint density at radius 1 is 0.705 bits per heavy atom. The van der Waals surface area contributed by atoms with Crippen LogP contribution in [-0.4, -0.2) is 81.8 Å². The number of primary amides is 1. The Kier molecular flexibility index (Phi) is 15.6. The highest BCUT2D eigenvalue weighted by Crippen LogP contribution is 2.10. The zero-order valence-corrected chi connectivity index (χ0v) is 24.7. The molecule has 0 heterocycles. The molecule has 4 atom stereocenters. The number of alkyl carbamates (subject to hydrolysis) is 1. The van der Waals surface area contributed by atoms with Crippen LogP contribution in [0.4, 0.5) is 4.79 Å². The van der Waals surface area contributed by atoms with Crippen molar-refractivity contribution in [2.24, 2.45) is 11.7 Å². The number of benzene rings is 1. The van der Waals surface area contributed by atoms with Crippen LogP contribution in [0.2, 0.25) is 0 Å². The summed E-state index contributed by atoms with van der Waals surface area (Å²) in [5, 5.41) is 27.3. The standard InChI is InChI=1S/C28H39N5O11/c1-15(2)9-10-18(25(40)31-19(16(3)34)12-23(36)37)30-26(41)20(11-22(29)35)32-27(42)21(13-24(38)39)33-28(43)44-14-17-7-5-4-6-8-17/h4-8,15,18-21H,9-14H2,1-3H3,(H2,29,35)(H,30,41)(H,31,40)(H,32,42)(H,33,43)(H,36,37)(H,38,39)/t18-,19-,20-,21-/m0/s1. The number of rotatable bonds is 19. The number of carboxylic acids is 2. The topological polar surface area (TPSA) is 260 Å². The molecule has 0 radical (unpaired) electrons. The summed E-state index contributed by atoms with van der Waals surface area (Å²) in [5.74, 6) is -7.51. The number of carboxylic acid groups (broad SMARTS) is 2. The summed E-state index contributed by atoms with van der Waals surface area (Å²) in [7, 11) is 0. The van der Waals surface area contributed by atoms with Crippen molar-refractivity contribution in [2.45, 2.75) is 83.6 Å². The lowest BCUT2D eigenvalue weighted by atomic mass is 10.0. The van der Waals surface area contributed by atoms with Gasteiger partial charge in [0, 0.05) is 0 Å². The lowest BCUT2D eigenvalue weighted by Crippen LogP contribution is -2.58. The van der Waals surface area contributed by atoms with Gasteiger partial charge < -0.3 is 42.0 Å². The van der Waals surface area contributed by atoms with Gasteiger partial charge in [0.25, 0.3) is 0 Å². The molecule has 8 N–H and O–H groups in total. The van der Waals surface area contributed by atoms with E-state index in [-0.39, 0.29) is 18.9 Å². The largest absolute Gasteiger partial charge is 0.481 e. The molecule has 16 nitrogen and oxygen atoms in total. The second kappa shape index (κ2) is 18.5. The van der Waals surface area contributed by atoms with Gasteiger partial charge in [-0.1, -0.05) is 44.2 Å². The molecule has 0 aliphatic rings. The van der Waals surface area contributed by atoms with Crippen molar-refractivity contribution in [1.82, 2.24) is 21.3 Å². The number of nitrogens with one attached hydrogen (secondary N) is 4. The van der Waals surface area contributed by atoms with E-state index in [0.29, 0.717) is 12.0 Å². The number of ketones is 1. The monoisotopic (exact) mass is 621 g/mol. The van der Waals surface area contributed by atoms with Crippen LogP contribution in [0.3, 0.4) is 0 Å². The Morgan fingerprint density at radius 2 is 1.18 bits per heavy atom. The van der Waals surface area contributed by atoms with Crippen LogP contribution in [0, 0.1) is 5.92 Å². The molecule has 44 heavy (non-hydrogen) atoms. The highest BCUT2D eigenvalue weighted by Gasteiger charge is 2.33. The van der Waals surface area contributed by atoms with Gasteiger partial charge in [0.1, 0.15) is 24.7 Å². The molecule has 1 aromatic rings. The highest BCUT2D eigenvalue weighted by atomic mass is 16.5. The molecule has 16 heteroatoms. The van der Waals surface area contributed by atoms with Gasteiger partial charge in [0.05, 0.1) is 25.3 Å². The van der Waals surface area contributed by atoms with Crippen molar-refractivity contribution >= 4 is 47.4 Å². The third-order valence-corrected chi connectivity index (χ3v) is 6.09. The van der Waals surface area contributed by atoms with Crippen LogP contribution in [0.25, 0.3) is 0 Å². The lowest BCUT2D eigenvalue weighted by Gasteiger charge is -2.25. The zero-order chi connectivity index (χ0) is 33.4. The Balaban J connectivity index is 3.09. The average molecular weight is 622 g/mol. The minimum atomic E-state index is -1.73. The predicted octanol–water partition coefficient (Wildman–Crippen LogP) is -0.414. The van der Waals surface area contributed by atoms with E-state index in [2.05, 4.69) is 21.3 Å². The molecule has 0 aliphatic carbocycles. The van der Waals surface area contributed by atoms with Gasteiger partial charge >= 0.3 is 18.0 Å². The summed E-state index contributed by atoms with van der Waals surface area (Å²) < 4.78 is 5.02. The van der Waals surface area contributed by atoms with Crippen molar-refractivity contribution in [3.05, 3.63) is 35.9 Å². The number of Topliss-reactive ketones (excluding diaryl/α,β-unsaturated/α-hetero) is 1. The fourth-order valence-electron chi connectivity index (χ4n) is 3.76. The van der Waals surface area contributed by atoms with Gasteiger partial charge in [-0.3, -0.25) is 33.6 Å². The third kappa shape index (κ3) is 14.7. The quantitative estimate of drug-likeness (QED) is 0.104. The first kappa shape index (κ1) is 37.0. The number of carbonyl (C=O) groups excluding carboxylic acids is 6. The molecule has 0 saturated heterocycles. The molecule has 5 amide bonds. The highest BCUT2D eigenvalue weighted by molar-refractivity contribution is 5.98. The first-order valence-electron chi connectivity index (χ1n) is 13.7. The molecule has 0 bridgehead atoms. The van der Waals surface area contributed by atoms with Crippen LogP contribution in [-0.2, 0) is 44.9 Å². The second-order valence-electron chi connectivity index (χ2n) is 10.4. The molecule has 242 valence electrons. The number of aliphatic carboxylic acids is 2. The van der Waals surface area contributed by atoms with Crippen LogP contribution in [0.1, 0.15) is 58.4 Å². The first-order chi connectivity index (χ1) is 20.6. The maximum Gasteiger partial charge on any atom is 0.408 e. The van der Waals surface area contributed by atoms with E-state index in [1.165, 1.54) is 0 Å². The fraction of sp³-hybridized carbons (Fsp3) is 0.500. The SMILES string of the molecule is CC(=O)[C@H](CC(=O)O)NC(=O)[C@H](CCC(C)C)NC(=O)[C@H](CC(N)=O)NC(=O)[C@H](CC(=O)O)NC(=O)OCc1ccccc1. The van der Waals surface area contributed by atoms with E-state index in [0.717, 1.165) is 6.92 Å². The van der Waals surface area contributed by atoms with Gasteiger partial charge in [-0.15, -0.1) is 0 Å². The van der Waals surface area contributed by atoms with Crippen molar-refractivity contribution in [3.63, 3.8) is 0 Å². The normalized spacial score (nSPS) is 13.4. The molecular weight excluding hydrogens is 582 g/mol. The molecule has 0 fully saturated rings. The van der Waals surface area contributed by atoms with Gasteiger partial charge in [0.2, 0.25) is 23.6 Å². The average Bonchev–Trinajstić information content (AvgIpc) is 2.92. The molecule has 1 aromatic carbocycles. The van der Waals surface area contributed by atoms with E-state index >= 15 is 0 Å². The van der Waals surface area contributed by atoms with Gasteiger partial charge in [-0.2, -0.15) is 0 Å². The minimum absolute atomic E-state index is 0.0423. The summed E-state index contributed by atoms with van der Waals surface area (Å²) >= 11 is 0. The summed E-state index contributed by atoms with van der Waals surface area (Å²) in [6.07, 6.45) is -3.04. The number of carbonyl (C=O) groups is 8. The van der Waals surface area contributed by atoms with Gasteiger partial charge in [-0.05, 0) is 31.2 Å². The maximum atomic E-state index is 13.2. The summed E-state index contributed by atoms with van der Waals surface area (Å²) in [5.41, 5.74) is 5.87. The van der Waals surface area contributed by atoms with E-state index in [4.69, 9.17) is 15.6 Å². The smallest absolute Gasteiger partial charge is 0.408 e. The molecule has 0 aromatic heterocycles. The minimum Gasteiger partial charge on any atom is -0.481 e. The van der Waals surface area contributed by atoms with Gasteiger partial charge in [0.15, 0.2) is 5.78 Å². The Labute approximate surface area is 253 Å².